The number of amides is 1. The number of anilines is 1. The number of nitrogens with one attached hydrogen (secondary N) is 1. The van der Waals surface area contributed by atoms with Gasteiger partial charge in [-0.3, -0.25) is 4.57 Å². The maximum absolute atomic E-state index is 13.1. The first kappa shape index (κ1) is 15.1. The predicted molar refractivity (Wildman–Crippen MR) is 98.2 cm³/mol. The Hall–Kier alpha value is -3.40. The lowest BCUT2D eigenvalue weighted by Gasteiger charge is -2.11. The molecule has 122 valence electrons. The van der Waals surface area contributed by atoms with Crippen molar-refractivity contribution in [3.8, 4) is 11.3 Å². The van der Waals surface area contributed by atoms with Gasteiger partial charge in [0.15, 0.2) is 0 Å². The summed E-state index contributed by atoms with van der Waals surface area (Å²) in [6, 6.07) is 24.9. The number of rotatable bonds is 2. The zero-order valence-electron chi connectivity index (χ0n) is 13.3. The van der Waals surface area contributed by atoms with Gasteiger partial charge in [0.1, 0.15) is 5.82 Å². The number of aromatic nitrogens is 1. The Morgan fingerprint density at radius 2 is 1.52 bits per heavy atom. The first-order chi connectivity index (χ1) is 12.2. The fourth-order valence-electron chi connectivity index (χ4n) is 2.91. The van der Waals surface area contributed by atoms with Crippen LogP contribution in [0.3, 0.4) is 0 Å². The Kier molecular flexibility index (Phi) is 3.78. The Morgan fingerprint density at radius 1 is 0.840 bits per heavy atom. The maximum Gasteiger partial charge on any atom is 0.330 e. The van der Waals surface area contributed by atoms with E-state index in [1.165, 1.54) is 12.1 Å². The number of benzene rings is 3. The summed E-state index contributed by atoms with van der Waals surface area (Å²) >= 11 is 0. The number of para-hydroxylation sites is 1. The van der Waals surface area contributed by atoms with Gasteiger partial charge >= 0.3 is 6.03 Å². The summed E-state index contributed by atoms with van der Waals surface area (Å²) in [6.45, 7) is 0. The molecular formula is C21H15FN2O. The van der Waals surface area contributed by atoms with Crippen molar-refractivity contribution in [1.29, 1.82) is 0 Å². The largest absolute Gasteiger partial charge is 0.330 e. The molecule has 1 heterocycles. The summed E-state index contributed by atoms with van der Waals surface area (Å²) < 4.78 is 14.7. The lowest BCUT2D eigenvalue weighted by molar-refractivity contribution is 0.254. The number of nitrogens with zero attached hydrogens (tertiary/aromatic N) is 1. The highest BCUT2D eigenvalue weighted by Gasteiger charge is 2.16. The van der Waals surface area contributed by atoms with Gasteiger partial charge in [0.2, 0.25) is 0 Å². The third-order valence-corrected chi connectivity index (χ3v) is 4.08. The molecule has 1 N–H and O–H groups in total. The van der Waals surface area contributed by atoms with Crippen molar-refractivity contribution >= 4 is 22.6 Å². The lowest BCUT2D eigenvalue weighted by Crippen LogP contribution is -2.20. The molecule has 0 bridgehead atoms. The average Bonchev–Trinajstić information content (AvgIpc) is 3.04. The van der Waals surface area contributed by atoms with Gasteiger partial charge in [0, 0.05) is 11.1 Å². The molecule has 3 nitrogen and oxygen atoms in total. The number of hydrogen-bond acceptors (Lipinski definition) is 1. The normalized spacial score (nSPS) is 10.8. The SMILES string of the molecule is O=C(Nc1ccc(F)cc1)n1c(-c2ccccc2)cc2ccccc21. The third-order valence-electron chi connectivity index (χ3n) is 4.08. The minimum absolute atomic E-state index is 0.285. The van der Waals surface area contributed by atoms with E-state index in [0.717, 1.165) is 22.2 Å². The molecule has 0 aliphatic carbocycles. The van der Waals surface area contributed by atoms with E-state index in [0.29, 0.717) is 5.69 Å². The molecule has 0 spiro atoms. The highest BCUT2D eigenvalue weighted by atomic mass is 19.1. The van der Waals surface area contributed by atoms with Gasteiger partial charge in [0.25, 0.3) is 0 Å². The molecule has 1 aromatic heterocycles. The fraction of sp³-hybridized carbons (Fsp3) is 0. The van der Waals surface area contributed by atoms with E-state index in [4.69, 9.17) is 0 Å². The second-order valence-corrected chi connectivity index (χ2v) is 5.73. The number of hydrogen-bond donors (Lipinski definition) is 1. The van der Waals surface area contributed by atoms with Crippen molar-refractivity contribution < 1.29 is 9.18 Å². The number of fused-ring (bicyclic) bond motifs is 1. The second-order valence-electron chi connectivity index (χ2n) is 5.73. The van der Waals surface area contributed by atoms with E-state index in [1.54, 1.807) is 16.7 Å². The van der Waals surface area contributed by atoms with Gasteiger partial charge in [-0.15, -0.1) is 0 Å². The van der Waals surface area contributed by atoms with Crippen molar-refractivity contribution in [3.05, 3.63) is 90.7 Å². The van der Waals surface area contributed by atoms with Gasteiger partial charge in [-0.05, 0) is 42.0 Å². The first-order valence-corrected chi connectivity index (χ1v) is 7.95. The van der Waals surface area contributed by atoms with E-state index < -0.39 is 0 Å². The standard InChI is InChI=1S/C21H15FN2O/c22-17-10-12-18(13-11-17)23-21(25)24-19-9-5-4-8-16(19)14-20(24)15-6-2-1-3-7-15/h1-14H,(H,23,25). The van der Waals surface area contributed by atoms with Crippen LogP contribution in [0.5, 0.6) is 0 Å². The molecule has 0 saturated carbocycles. The molecular weight excluding hydrogens is 315 g/mol. The van der Waals surface area contributed by atoms with Gasteiger partial charge in [-0.2, -0.15) is 0 Å². The number of carbonyl (C=O) groups excluding carboxylic acids is 1. The summed E-state index contributed by atoms with van der Waals surface area (Å²) in [5.41, 5.74) is 3.12. The predicted octanol–water partition coefficient (Wildman–Crippen LogP) is 5.53. The first-order valence-electron chi connectivity index (χ1n) is 7.95. The smallest absolute Gasteiger partial charge is 0.307 e. The molecule has 3 aromatic carbocycles. The highest BCUT2D eigenvalue weighted by molar-refractivity contribution is 6.02. The number of halogens is 1. The van der Waals surface area contributed by atoms with Crippen LogP contribution < -0.4 is 5.32 Å². The Balaban J connectivity index is 1.82. The molecule has 0 aliphatic heterocycles. The minimum Gasteiger partial charge on any atom is -0.307 e. The molecule has 0 aliphatic rings. The van der Waals surface area contributed by atoms with Crippen LogP contribution in [-0.4, -0.2) is 10.6 Å². The van der Waals surface area contributed by atoms with Crippen LogP contribution in [0.15, 0.2) is 84.9 Å². The van der Waals surface area contributed by atoms with Crippen molar-refractivity contribution in [2.75, 3.05) is 5.32 Å². The van der Waals surface area contributed by atoms with E-state index in [2.05, 4.69) is 5.32 Å². The Morgan fingerprint density at radius 3 is 2.28 bits per heavy atom. The minimum atomic E-state index is -0.339. The second kappa shape index (κ2) is 6.24. The summed E-state index contributed by atoms with van der Waals surface area (Å²) in [7, 11) is 0. The van der Waals surface area contributed by atoms with Crippen molar-refractivity contribution in [2.45, 2.75) is 0 Å². The van der Waals surface area contributed by atoms with Crippen LogP contribution >= 0.6 is 0 Å². The van der Waals surface area contributed by atoms with Crippen LogP contribution in [-0.2, 0) is 0 Å². The van der Waals surface area contributed by atoms with E-state index in [1.807, 2.05) is 60.7 Å². The van der Waals surface area contributed by atoms with Crippen molar-refractivity contribution in [1.82, 2.24) is 4.57 Å². The molecule has 25 heavy (non-hydrogen) atoms. The molecule has 0 saturated heterocycles. The van der Waals surface area contributed by atoms with Gasteiger partial charge < -0.3 is 5.32 Å². The Bertz CT molecular complexity index is 1040. The number of carbonyl (C=O) groups is 1. The van der Waals surface area contributed by atoms with E-state index in [-0.39, 0.29) is 11.8 Å². The topological polar surface area (TPSA) is 34.0 Å². The van der Waals surface area contributed by atoms with E-state index in [9.17, 15) is 9.18 Å². The van der Waals surface area contributed by atoms with Crippen LogP contribution in [0.4, 0.5) is 14.9 Å². The summed E-state index contributed by atoms with van der Waals surface area (Å²) in [6.07, 6.45) is 0. The monoisotopic (exact) mass is 330 g/mol. The molecule has 0 atom stereocenters. The van der Waals surface area contributed by atoms with Crippen LogP contribution in [0.1, 0.15) is 0 Å². The fourth-order valence-corrected chi connectivity index (χ4v) is 2.91. The van der Waals surface area contributed by atoms with Crippen LogP contribution in [0, 0.1) is 5.82 Å². The lowest BCUT2D eigenvalue weighted by atomic mass is 10.1. The maximum atomic E-state index is 13.1. The zero-order chi connectivity index (χ0) is 17.2. The highest BCUT2D eigenvalue weighted by Crippen LogP contribution is 2.28. The average molecular weight is 330 g/mol. The molecule has 0 unspecified atom stereocenters. The molecule has 1 amide bonds. The summed E-state index contributed by atoms with van der Waals surface area (Å²) in [5, 5.41) is 3.81. The van der Waals surface area contributed by atoms with E-state index >= 15 is 0 Å². The quantitative estimate of drug-likeness (QED) is 0.515. The Labute approximate surface area is 144 Å². The summed E-state index contributed by atoms with van der Waals surface area (Å²) in [4.78, 5) is 12.9. The van der Waals surface area contributed by atoms with Crippen molar-refractivity contribution in [3.63, 3.8) is 0 Å². The van der Waals surface area contributed by atoms with Crippen LogP contribution in [0.2, 0.25) is 0 Å². The zero-order valence-corrected chi connectivity index (χ0v) is 13.3. The van der Waals surface area contributed by atoms with Crippen LogP contribution in [0.25, 0.3) is 22.2 Å². The van der Waals surface area contributed by atoms with Gasteiger partial charge in [-0.1, -0.05) is 48.5 Å². The third kappa shape index (κ3) is 2.90. The molecule has 0 fully saturated rings. The van der Waals surface area contributed by atoms with Gasteiger partial charge in [-0.25, -0.2) is 9.18 Å². The van der Waals surface area contributed by atoms with Crippen molar-refractivity contribution in [2.24, 2.45) is 0 Å². The summed E-state index contributed by atoms with van der Waals surface area (Å²) in [5.74, 6) is -0.339. The molecule has 4 aromatic rings. The van der Waals surface area contributed by atoms with Gasteiger partial charge in [0.05, 0.1) is 11.2 Å². The molecule has 4 rings (SSSR count). The molecule has 4 heteroatoms. The molecule has 0 radical (unpaired) electrons.